The van der Waals surface area contributed by atoms with Gasteiger partial charge in [-0.15, -0.1) is 11.3 Å². The number of carbonyl (C=O) groups is 2. The predicted molar refractivity (Wildman–Crippen MR) is 109 cm³/mol. The highest BCUT2D eigenvalue weighted by atomic mass is 32.1. The lowest BCUT2D eigenvalue weighted by atomic mass is 9.95. The van der Waals surface area contributed by atoms with Crippen molar-refractivity contribution in [3.8, 4) is 0 Å². The third-order valence-electron chi connectivity index (χ3n) is 4.72. The summed E-state index contributed by atoms with van der Waals surface area (Å²) in [6, 6.07) is 7.47. The molecule has 1 heterocycles. The van der Waals surface area contributed by atoms with E-state index in [1.165, 1.54) is 4.88 Å². The topological polar surface area (TPSA) is 67.4 Å². The van der Waals surface area contributed by atoms with Crippen LogP contribution in [0.15, 0.2) is 24.3 Å². The van der Waals surface area contributed by atoms with Gasteiger partial charge in [-0.2, -0.15) is 0 Å². The molecule has 1 aromatic heterocycles. The number of fused-ring (bicyclic) bond motifs is 1. The van der Waals surface area contributed by atoms with Crippen LogP contribution in [0.1, 0.15) is 56.0 Å². The molecule has 0 aliphatic heterocycles. The number of anilines is 1. The van der Waals surface area contributed by atoms with E-state index in [2.05, 4.69) is 10.6 Å². The van der Waals surface area contributed by atoms with Gasteiger partial charge in [0.05, 0.1) is 5.56 Å². The number of ether oxygens (including phenoxy) is 1. The van der Waals surface area contributed by atoms with Gasteiger partial charge in [-0.1, -0.05) is 17.7 Å². The summed E-state index contributed by atoms with van der Waals surface area (Å²) in [5.74, 6) is -0.282. The van der Waals surface area contributed by atoms with Gasteiger partial charge in [-0.3, -0.25) is 9.59 Å². The molecule has 27 heavy (non-hydrogen) atoms. The Hall–Kier alpha value is -2.18. The maximum atomic E-state index is 12.8. The lowest BCUT2D eigenvalue weighted by Gasteiger charge is -2.13. The Morgan fingerprint density at radius 2 is 2.00 bits per heavy atom. The van der Waals surface area contributed by atoms with E-state index in [1.54, 1.807) is 24.5 Å². The second-order valence-electron chi connectivity index (χ2n) is 6.84. The molecule has 1 aliphatic carbocycles. The van der Waals surface area contributed by atoms with Gasteiger partial charge in [0.2, 0.25) is 0 Å². The number of methoxy groups -OCH3 is 1. The minimum absolute atomic E-state index is 0.106. The summed E-state index contributed by atoms with van der Waals surface area (Å²) in [4.78, 5) is 26.8. The molecule has 0 fully saturated rings. The molecule has 0 spiro atoms. The van der Waals surface area contributed by atoms with Gasteiger partial charge in [0.1, 0.15) is 5.00 Å². The Bertz CT molecular complexity index is 829. The molecule has 0 unspecified atom stereocenters. The van der Waals surface area contributed by atoms with Crippen LogP contribution >= 0.6 is 11.3 Å². The molecule has 1 aliphatic rings. The Kier molecular flexibility index (Phi) is 6.63. The third kappa shape index (κ3) is 4.76. The first-order chi connectivity index (χ1) is 13.1. The summed E-state index contributed by atoms with van der Waals surface area (Å²) < 4.78 is 5.03. The standard InChI is InChI=1S/C21H26N2O3S/c1-14-7-5-8-15(13-14)19(24)23-21-18(20(25)22-11-6-12-26-2)16-9-3-4-10-17(16)27-21/h5,7-8,13H,3-4,6,9-12H2,1-2H3,(H,22,25)(H,23,24). The number of thiophene rings is 1. The van der Waals surface area contributed by atoms with Gasteiger partial charge in [0.15, 0.2) is 0 Å². The third-order valence-corrected chi connectivity index (χ3v) is 5.92. The van der Waals surface area contributed by atoms with Gasteiger partial charge in [-0.25, -0.2) is 0 Å². The Labute approximate surface area is 164 Å². The molecule has 0 saturated carbocycles. The Morgan fingerprint density at radius 1 is 1.19 bits per heavy atom. The smallest absolute Gasteiger partial charge is 0.256 e. The molecule has 144 valence electrons. The first-order valence-electron chi connectivity index (χ1n) is 9.40. The molecule has 0 radical (unpaired) electrons. The molecule has 0 saturated heterocycles. The molecule has 2 amide bonds. The van der Waals surface area contributed by atoms with Crippen molar-refractivity contribution in [1.82, 2.24) is 5.32 Å². The second-order valence-corrected chi connectivity index (χ2v) is 7.95. The van der Waals surface area contributed by atoms with E-state index in [-0.39, 0.29) is 11.8 Å². The van der Waals surface area contributed by atoms with Crippen molar-refractivity contribution in [2.45, 2.75) is 39.0 Å². The maximum absolute atomic E-state index is 12.8. The van der Waals surface area contributed by atoms with Gasteiger partial charge in [-0.05, 0) is 56.7 Å². The van der Waals surface area contributed by atoms with Gasteiger partial charge < -0.3 is 15.4 Å². The Balaban J connectivity index is 1.82. The first-order valence-corrected chi connectivity index (χ1v) is 10.2. The monoisotopic (exact) mass is 386 g/mol. The largest absolute Gasteiger partial charge is 0.385 e. The quantitative estimate of drug-likeness (QED) is 0.708. The molecule has 6 heteroatoms. The van der Waals surface area contributed by atoms with Crippen LogP contribution in [0.2, 0.25) is 0 Å². The van der Waals surface area contributed by atoms with Crippen LogP contribution in [0, 0.1) is 6.92 Å². The SMILES string of the molecule is COCCCNC(=O)c1c(NC(=O)c2cccc(C)c2)sc2c1CCCC2. The van der Waals surface area contributed by atoms with Crippen LogP contribution in [-0.2, 0) is 17.6 Å². The zero-order valence-corrected chi connectivity index (χ0v) is 16.7. The fourth-order valence-corrected chi connectivity index (χ4v) is 4.64. The minimum Gasteiger partial charge on any atom is -0.385 e. The molecule has 2 aromatic rings. The van der Waals surface area contributed by atoms with Crippen molar-refractivity contribution < 1.29 is 14.3 Å². The van der Waals surface area contributed by atoms with Crippen molar-refractivity contribution in [1.29, 1.82) is 0 Å². The summed E-state index contributed by atoms with van der Waals surface area (Å²) >= 11 is 1.54. The molecule has 2 N–H and O–H groups in total. The normalized spacial score (nSPS) is 13.1. The fourth-order valence-electron chi connectivity index (χ4n) is 3.36. The van der Waals surface area contributed by atoms with Crippen molar-refractivity contribution in [2.75, 3.05) is 25.6 Å². The molecule has 3 rings (SSSR count). The minimum atomic E-state index is -0.175. The number of benzene rings is 1. The number of nitrogens with one attached hydrogen (secondary N) is 2. The van der Waals surface area contributed by atoms with E-state index in [0.29, 0.717) is 29.3 Å². The number of hydrogen-bond acceptors (Lipinski definition) is 4. The van der Waals surface area contributed by atoms with Crippen LogP contribution < -0.4 is 10.6 Å². The summed E-state index contributed by atoms with van der Waals surface area (Å²) in [5, 5.41) is 6.62. The second kappa shape index (κ2) is 9.15. The highest BCUT2D eigenvalue weighted by Crippen LogP contribution is 2.38. The van der Waals surface area contributed by atoms with Crippen LogP contribution in [0.3, 0.4) is 0 Å². The predicted octanol–water partition coefficient (Wildman–Crippen LogP) is 3.95. The highest BCUT2D eigenvalue weighted by Gasteiger charge is 2.26. The van der Waals surface area contributed by atoms with Crippen LogP contribution in [-0.4, -0.2) is 32.1 Å². The highest BCUT2D eigenvalue weighted by molar-refractivity contribution is 7.17. The molecule has 0 bridgehead atoms. The van der Waals surface area contributed by atoms with Crippen LogP contribution in [0.4, 0.5) is 5.00 Å². The molecule has 1 aromatic carbocycles. The van der Waals surface area contributed by atoms with E-state index in [9.17, 15) is 9.59 Å². The van der Waals surface area contributed by atoms with Crippen molar-refractivity contribution in [2.24, 2.45) is 0 Å². The zero-order chi connectivity index (χ0) is 19.2. The van der Waals surface area contributed by atoms with Crippen molar-refractivity contribution >= 4 is 28.2 Å². The molecule has 0 atom stereocenters. The maximum Gasteiger partial charge on any atom is 0.256 e. The number of hydrogen-bond donors (Lipinski definition) is 2. The van der Waals surface area contributed by atoms with Gasteiger partial charge in [0.25, 0.3) is 11.8 Å². The summed E-state index contributed by atoms with van der Waals surface area (Å²) in [5.41, 5.74) is 3.39. The lowest BCUT2D eigenvalue weighted by Crippen LogP contribution is -2.27. The fraction of sp³-hybridized carbons (Fsp3) is 0.429. The van der Waals surface area contributed by atoms with Crippen molar-refractivity contribution in [3.05, 3.63) is 51.4 Å². The van der Waals surface area contributed by atoms with Gasteiger partial charge >= 0.3 is 0 Å². The number of rotatable bonds is 7. The van der Waals surface area contributed by atoms with Crippen LogP contribution in [0.25, 0.3) is 0 Å². The van der Waals surface area contributed by atoms with E-state index in [1.807, 2.05) is 25.1 Å². The molecule has 5 nitrogen and oxygen atoms in total. The van der Waals surface area contributed by atoms with E-state index >= 15 is 0 Å². The average Bonchev–Trinajstić information content (AvgIpc) is 3.03. The summed E-state index contributed by atoms with van der Waals surface area (Å²) in [6.07, 6.45) is 4.85. The first kappa shape index (κ1) is 19.6. The number of carbonyl (C=O) groups excluding carboxylic acids is 2. The molecular formula is C21H26N2O3S. The van der Waals surface area contributed by atoms with E-state index in [4.69, 9.17) is 4.74 Å². The van der Waals surface area contributed by atoms with Crippen LogP contribution in [0.5, 0.6) is 0 Å². The van der Waals surface area contributed by atoms with E-state index < -0.39 is 0 Å². The summed E-state index contributed by atoms with van der Waals surface area (Å²) in [7, 11) is 1.65. The average molecular weight is 387 g/mol. The van der Waals surface area contributed by atoms with Gasteiger partial charge in [0, 0.05) is 30.7 Å². The Morgan fingerprint density at radius 3 is 2.78 bits per heavy atom. The number of aryl methyl sites for hydroxylation is 2. The van der Waals surface area contributed by atoms with Crippen molar-refractivity contribution in [3.63, 3.8) is 0 Å². The molecular weight excluding hydrogens is 360 g/mol. The zero-order valence-electron chi connectivity index (χ0n) is 15.9. The number of amides is 2. The van der Waals surface area contributed by atoms with E-state index in [0.717, 1.165) is 43.2 Å². The summed E-state index contributed by atoms with van der Waals surface area (Å²) in [6.45, 7) is 3.13. The lowest BCUT2D eigenvalue weighted by molar-refractivity contribution is 0.0948.